The SMILES string of the molecule is CCCCCCCCCCCCCCCCCC(O)NC1CC(O[C@H]2C[C@](O)(C(=O)CO)Cc3c(O)c4c(c(O)c32)C(=O)c2c(OC)cccc2C4=O)OC(C)C1O. The third kappa shape index (κ3) is 10.5. The molecule has 2 aromatic carbocycles. The van der Waals surface area contributed by atoms with E-state index < -0.39 is 102 Å². The molecule has 1 heterocycles. The lowest BCUT2D eigenvalue weighted by molar-refractivity contribution is -0.251. The third-order valence-corrected chi connectivity index (χ3v) is 12.2. The van der Waals surface area contributed by atoms with E-state index in [1.807, 2.05) is 0 Å². The van der Waals surface area contributed by atoms with Crippen LogP contribution < -0.4 is 10.1 Å². The predicted octanol–water partition coefficient (Wildman–Crippen LogP) is 6.21. The van der Waals surface area contributed by atoms with Crippen LogP contribution in [0.1, 0.15) is 178 Å². The molecule has 0 aromatic heterocycles. The molecule has 0 spiro atoms. The Bertz CT molecular complexity index is 1730. The molecule has 5 rings (SSSR count). The smallest absolute Gasteiger partial charge is 0.202 e. The van der Waals surface area contributed by atoms with Gasteiger partial charge in [-0.15, -0.1) is 0 Å². The molecule has 2 aromatic rings. The van der Waals surface area contributed by atoms with E-state index >= 15 is 0 Å². The van der Waals surface area contributed by atoms with Gasteiger partial charge in [0, 0.05) is 42.0 Å². The van der Waals surface area contributed by atoms with Gasteiger partial charge in [0.25, 0.3) is 0 Å². The number of carbonyl (C=O) groups is 3. The van der Waals surface area contributed by atoms with Gasteiger partial charge in [-0.2, -0.15) is 0 Å². The molecule has 0 saturated carbocycles. The van der Waals surface area contributed by atoms with Crippen LogP contribution in [0.15, 0.2) is 18.2 Å². The Hall–Kier alpha value is -3.43. The summed E-state index contributed by atoms with van der Waals surface area (Å²) in [6.07, 6.45) is 12.7. The fourth-order valence-electron chi connectivity index (χ4n) is 8.92. The van der Waals surface area contributed by atoms with Crippen LogP contribution in [-0.4, -0.2) is 98.1 Å². The first kappa shape index (κ1) is 45.7. The summed E-state index contributed by atoms with van der Waals surface area (Å²) in [5.41, 5.74) is -3.70. The average Bonchev–Trinajstić information content (AvgIpc) is 3.20. The Morgan fingerprint density at radius 3 is 2.07 bits per heavy atom. The van der Waals surface area contributed by atoms with Gasteiger partial charge in [0.2, 0.25) is 5.78 Å². The molecule has 3 aliphatic rings. The number of phenolic OH excluding ortho intramolecular Hbond substituents is 2. The molecular weight excluding hydrogens is 746 g/mol. The lowest BCUT2D eigenvalue weighted by Gasteiger charge is -2.43. The van der Waals surface area contributed by atoms with Gasteiger partial charge in [0.15, 0.2) is 17.9 Å². The van der Waals surface area contributed by atoms with Gasteiger partial charge in [-0.05, 0) is 25.8 Å². The zero-order valence-corrected chi connectivity index (χ0v) is 34.5. The van der Waals surface area contributed by atoms with Crippen molar-refractivity contribution in [3.63, 3.8) is 0 Å². The summed E-state index contributed by atoms with van der Waals surface area (Å²) >= 11 is 0. The maximum atomic E-state index is 14.0. The predicted molar refractivity (Wildman–Crippen MR) is 216 cm³/mol. The van der Waals surface area contributed by atoms with Crippen LogP contribution in [0, 0.1) is 0 Å². The highest BCUT2D eigenvalue weighted by molar-refractivity contribution is 6.31. The van der Waals surface area contributed by atoms with Crippen LogP contribution >= 0.6 is 0 Å². The Balaban J connectivity index is 1.20. The first-order valence-electron chi connectivity index (χ1n) is 21.5. The minimum atomic E-state index is -2.28. The molecule has 2 aliphatic carbocycles. The number of hydrogen-bond acceptors (Lipinski definition) is 13. The van der Waals surface area contributed by atoms with Crippen molar-refractivity contribution < 1.29 is 59.2 Å². The van der Waals surface area contributed by atoms with Gasteiger partial charge in [-0.3, -0.25) is 19.7 Å². The second kappa shape index (κ2) is 21.2. The standard InChI is InChI=1S/C45H65NO12/c1-4-5-6-7-8-9-10-11-12-13-14-15-16-17-18-22-34(49)46-30-23-35(57-27(2)40(30)50)58-32-25-45(55,33(48)26-47)24-29-37(32)44(54)39-38(42(29)52)41(51)28-20-19-21-31(56-3)36(28)43(39)53/h19-21,27,30,32,34-35,40,46-47,49-50,52,54-55H,4-18,22-26H2,1-3H3/t27?,30?,32-,34?,35?,40?,45-/m0/s1. The number of ether oxygens (including phenoxy) is 3. The van der Waals surface area contributed by atoms with Crippen molar-refractivity contribution in [1.29, 1.82) is 0 Å². The summed E-state index contributed by atoms with van der Waals surface area (Å²) in [5.74, 6) is -3.80. The van der Waals surface area contributed by atoms with Gasteiger partial charge in [0.1, 0.15) is 35.7 Å². The quantitative estimate of drug-likeness (QED) is 0.0323. The fourth-order valence-corrected chi connectivity index (χ4v) is 8.92. The van der Waals surface area contributed by atoms with Gasteiger partial charge in [-0.1, -0.05) is 109 Å². The van der Waals surface area contributed by atoms with Crippen LogP contribution in [0.5, 0.6) is 17.2 Å². The van der Waals surface area contributed by atoms with Crippen LogP contribution in [0.4, 0.5) is 0 Å². The van der Waals surface area contributed by atoms with E-state index in [1.165, 1.54) is 102 Å². The molecule has 0 amide bonds. The number of unbranched alkanes of at least 4 members (excludes halogenated alkanes) is 14. The van der Waals surface area contributed by atoms with Gasteiger partial charge >= 0.3 is 0 Å². The fraction of sp³-hybridized carbons (Fsp3) is 0.667. The lowest BCUT2D eigenvalue weighted by Crippen LogP contribution is -2.56. The number of aromatic hydroxyl groups is 2. The molecule has 0 bridgehead atoms. The zero-order chi connectivity index (χ0) is 42.0. The topological polar surface area (TPSA) is 212 Å². The number of methoxy groups -OCH3 is 1. The number of nitrogens with one attached hydrogen (secondary N) is 1. The van der Waals surface area contributed by atoms with E-state index in [4.69, 9.17) is 14.2 Å². The van der Waals surface area contributed by atoms with Crippen LogP contribution in [-0.2, 0) is 20.7 Å². The summed E-state index contributed by atoms with van der Waals surface area (Å²) in [7, 11) is 1.33. The molecular formula is C45H65NO12. The van der Waals surface area contributed by atoms with Crippen LogP contribution in [0.25, 0.3) is 0 Å². The van der Waals surface area contributed by atoms with Crippen molar-refractivity contribution in [2.24, 2.45) is 0 Å². The highest BCUT2D eigenvalue weighted by Crippen LogP contribution is 2.52. The number of benzene rings is 2. The summed E-state index contributed by atoms with van der Waals surface area (Å²) < 4.78 is 17.7. The minimum Gasteiger partial charge on any atom is -0.507 e. The Morgan fingerprint density at radius 1 is 0.897 bits per heavy atom. The maximum Gasteiger partial charge on any atom is 0.202 e. The number of hydrogen-bond donors (Lipinski definition) is 7. The number of ketones is 3. The second-order valence-electron chi connectivity index (χ2n) is 16.5. The molecule has 13 nitrogen and oxygen atoms in total. The van der Waals surface area contributed by atoms with Crippen molar-refractivity contribution >= 4 is 17.3 Å². The zero-order valence-electron chi connectivity index (χ0n) is 34.5. The Morgan fingerprint density at radius 2 is 1.48 bits per heavy atom. The normalized spacial score (nSPS) is 24.6. The lowest BCUT2D eigenvalue weighted by atomic mass is 9.72. The molecule has 7 N–H and O–H groups in total. The summed E-state index contributed by atoms with van der Waals surface area (Å²) in [4.78, 5) is 40.7. The number of rotatable bonds is 23. The largest absolute Gasteiger partial charge is 0.507 e. The maximum absolute atomic E-state index is 14.0. The van der Waals surface area contributed by atoms with E-state index in [9.17, 15) is 45.0 Å². The van der Waals surface area contributed by atoms with Crippen molar-refractivity contribution in [1.82, 2.24) is 5.32 Å². The molecule has 58 heavy (non-hydrogen) atoms. The van der Waals surface area contributed by atoms with E-state index in [0.717, 1.165) is 19.3 Å². The number of aliphatic hydroxyl groups is 4. The number of phenols is 2. The van der Waals surface area contributed by atoms with Crippen LogP contribution in [0.3, 0.4) is 0 Å². The monoisotopic (exact) mass is 811 g/mol. The highest BCUT2D eigenvalue weighted by Gasteiger charge is 2.50. The summed E-state index contributed by atoms with van der Waals surface area (Å²) in [6.45, 7) is 2.84. The number of Topliss-reactive ketones (excluding diaryl/α,β-unsaturated/α-hetero) is 1. The van der Waals surface area contributed by atoms with Gasteiger partial charge < -0.3 is 44.8 Å². The summed E-state index contributed by atoms with van der Waals surface area (Å²) in [5, 5.41) is 69.8. The Labute approximate surface area is 342 Å². The molecule has 322 valence electrons. The van der Waals surface area contributed by atoms with E-state index in [1.54, 1.807) is 6.92 Å². The van der Waals surface area contributed by atoms with E-state index in [0.29, 0.717) is 6.42 Å². The van der Waals surface area contributed by atoms with E-state index in [-0.39, 0.29) is 34.4 Å². The van der Waals surface area contributed by atoms with E-state index in [2.05, 4.69) is 12.2 Å². The van der Waals surface area contributed by atoms with Crippen molar-refractivity contribution in [2.45, 2.75) is 178 Å². The second-order valence-corrected chi connectivity index (χ2v) is 16.5. The van der Waals surface area contributed by atoms with Crippen molar-refractivity contribution in [3.8, 4) is 17.2 Å². The van der Waals surface area contributed by atoms with Gasteiger partial charge in [0.05, 0.1) is 42.1 Å². The molecule has 0 radical (unpaired) electrons. The molecule has 1 saturated heterocycles. The highest BCUT2D eigenvalue weighted by atomic mass is 16.7. The average molecular weight is 812 g/mol. The van der Waals surface area contributed by atoms with Crippen LogP contribution in [0.2, 0.25) is 0 Å². The first-order chi connectivity index (χ1) is 27.9. The Kier molecular flexibility index (Phi) is 16.7. The molecule has 7 atom stereocenters. The molecule has 1 fully saturated rings. The number of fused-ring (bicyclic) bond motifs is 3. The van der Waals surface area contributed by atoms with Crippen molar-refractivity contribution in [2.75, 3.05) is 13.7 Å². The summed E-state index contributed by atoms with van der Waals surface area (Å²) in [6, 6.07) is 3.71. The molecule has 13 heteroatoms. The minimum absolute atomic E-state index is 0.0132. The number of aliphatic hydroxyl groups excluding tert-OH is 3. The first-order valence-corrected chi connectivity index (χ1v) is 21.5. The number of carbonyl (C=O) groups excluding carboxylic acids is 3. The molecule has 5 unspecified atom stereocenters. The molecule has 1 aliphatic heterocycles. The van der Waals surface area contributed by atoms with Gasteiger partial charge in [-0.25, -0.2) is 0 Å². The van der Waals surface area contributed by atoms with Crippen molar-refractivity contribution in [3.05, 3.63) is 51.6 Å². The third-order valence-electron chi connectivity index (χ3n) is 12.2.